The van der Waals surface area contributed by atoms with Gasteiger partial charge >= 0.3 is 5.97 Å². The van der Waals surface area contributed by atoms with Gasteiger partial charge in [-0.1, -0.05) is 6.08 Å². The lowest BCUT2D eigenvalue weighted by Crippen LogP contribution is -2.09. The van der Waals surface area contributed by atoms with Crippen LogP contribution in [0, 0.1) is 6.92 Å². The fourth-order valence-corrected chi connectivity index (χ4v) is 2.29. The summed E-state index contributed by atoms with van der Waals surface area (Å²) in [6.07, 6.45) is 6.31. The van der Waals surface area contributed by atoms with Gasteiger partial charge in [0, 0.05) is 17.8 Å². The van der Waals surface area contributed by atoms with Crippen LogP contribution >= 0.6 is 0 Å². The topological polar surface area (TPSA) is 55.1 Å². The number of carboxylic acid groups (broad SMARTS) is 1. The molecule has 0 radical (unpaired) electrons. The van der Waals surface area contributed by atoms with Crippen molar-refractivity contribution >= 4 is 5.97 Å². The lowest BCUT2D eigenvalue weighted by atomic mass is 10.0. The molecule has 4 nitrogen and oxygen atoms in total. The van der Waals surface area contributed by atoms with Gasteiger partial charge in [0.2, 0.25) is 0 Å². The fraction of sp³-hybridized carbons (Fsp3) is 0.538. The predicted octanol–water partition coefficient (Wildman–Crippen LogP) is 2.10. The highest BCUT2D eigenvalue weighted by molar-refractivity contribution is 5.85. The summed E-state index contributed by atoms with van der Waals surface area (Å²) in [7, 11) is 0. The Hall–Kier alpha value is -1.58. The van der Waals surface area contributed by atoms with Crippen molar-refractivity contribution in [2.45, 2.75) is 46.1 Å². The first-order chi connectivity index (χ1) is 8.09. The molecule has 1 aromatic heterocycles. The molecule has 1 aliphatic rings. The summed E-state index contributed by atoms with van der Waals surface area (Å²) in [4.78, 5) is 15.3. The summed E-state index contributed by atoms with van der Waals surface area (Å²) in [6, 6.07) is 0. The summed E-state index contributed by atoms with van der Waals surface area (Å²) < 4.78 is 2.14. The number of aliphatic carboxylic acids is 1. The van der Waals surface area contributed by atoms with E-state index in [2.05, 4.69) is 9.55 Å². The van der Waals surface area contributed by atoms with Crippen molar-refractivity contribution in [1.29, 1.82) is 0 Å². The van der Waals surface area contributed by atoms with Crippen LogP contribution in [0.25, 0.3) is 0 Å². The molecule has 1 aromatic rings. The number of carboxylic acids is 1. The Morgan fingerprint density at radius 2 is 2.18 bits per heavy atom. The molecule has 0 saturated heterocycles. The monoisotopic (exact) mass is 234 g/mol. The molecule has 0 spiro atoms. The number of hydrogen-bond donors (Lipinski definition) is 1. The normalized spacial score (nSPS) is 15.8. The van der Waals surface area contributed by atoms with Gasteiger partial charge in [-0.2, -0.15) is 0 Å². The summed E-state index contributed by atoms with van der Waals surface area (Å²) in [6.45, 7) is 4.23. The number of nitrogens with zero attached hydrogens (tertiary/aromatic N) is 2. The Morgan fingerprint density at radius 1 is 1.47 bits per heavy atom. The molecule has 1 N–H and O–H groups in total. The van der Waals surface area contributed by atoms with E-state index >= 15 is 0 Å². The third kappa shape index (κ3) is 2.40. The van der Waals surface area contributed by atoms with E-state index in [0.29, 0.717) is 12.1 Å². The highest BCUT2D eigenvalue weighted by Crippen LogP contribution is 2.22. The van der Waals surface area contributed by atoms with Gasteiger partial charge in [0.15, 0.2) is 0 Å². The minimum Gasteiger partial charge on any atom is -0.478 e. The van der Waals surface area contributed by atoms with Crippen LogP contribution in [-0.4, -0.2) is 20.6 Å². The Morgan fingerprint density at radius 3 is 2.88 bits per heavy atom. The standard InChI is InChI=1S/C13H18N2O2/c1-9(13(16)17)7-8-15-10(2)14-11-5-3-4-6-12(11)15/h7H,3-6,8H2,1-2H3,(H,16,17). The molecule has 1 aliphatic carbocycles. The second kappa shape index (κ2) is 4.73. The van der Waals surface area contributed by atoms with E-state index in [1.165, 1.54) is 24.2 Å². The maximum Gasteiger partial charge on any atom is 0.331 e. The third-order valence-electron chi connectivity index (χ3n) is 3.34. The Kier molecular flexibility index (Phi) is 3.31. The lowest BCUT2D eigenvalue weighted by Gasteiger charge is -2.13. The van der Waals surface area contributed by atoms with Gasteiger partial charge in [0.1, 0.15) is 5.82 Å². The van der Waals surface area contributed by atoms with Crippen LogP contribution in [0.5, 0.6) is 0 Å². The van der Waals surface area contributed by atoms with Crippen LogP contribution in [0.3, 0.4) is 0 Å². The molecular weight excluding hydrogens is 216 g/mol. The van der Waals surface area contributed by atoms with Gasteiger partial charge in [-0.25, -0.2) is 9.78 Å². The molecule has 17 heavy (non-hydrogen) atoms. The molecule has 2 rings (SSSR count). The number of fused-ring (bicyclic) bond motifs is 1. The Labute approximate surface area is 101 Å². The summed E-state index contributed by atoms with van der Waals surface area (Å²) in [5.41, 5.74) is 2.89. The van der Waals surface area contributed by atoms with Crippen LogP contribution in [0.15, 0.2) is 11.6 Å². The lowest BCUT2D eigenvalue weighted by molar-refractivity contribution is -0.132. The molecule has 0 saturated carbocycles. The van der Waals surface area contributed by atoms with E-state index in [1.54, 1.807) is 13.0 Å². The molecule has 0 fully saturated rings. The average molecular weight is 234 g/mol. The molecule has 0 aliphatic heterocycles. The largest absolute Gasteiger partial charge is 0.478 e. The van der Waals surface area contributed by atoms with Crippen molar-refractivity contribution < 1.29 is 9.90 Å². The molecule has 92 valence electrons. The number of imidazole rings is 1. The zero-order chi connectivity index (χ0) is 12.4. The quantitative estimate of drug-likeness (QED) is 0.815. The van der Waals surface area contributed by atoms with Crippen molar-refractivity contribution in [2.24, 2.45) is 0 Å². The van der Waals surface area contributed by atoms with Gasteiger partial charge in [-0.05, 0) is 39.5 Å². The zero-order valence-electron chi connectivity index (χ0n) is 10.4. The molecule has 1 heterocycles. The van der Waals surface area contributed by atoms with Crippen molar-refractivity contribution in [3.63, 3.8) is 0 Å². The predicted molar refractivity (Wildman–Crippen MR) is 65.0 cm³/mol. The summed E-state index contributed by atoms with van der Waals surface area (Å²) in [5.74, 6) is 0.142. The summed E-state index contributed by atoms with van der Waals surface area (Å²) in [5, 5.41) is 8.83. The molecule has 0 atom stereocenters. The Bertz CT molecular complexity index is 472. The van der Waals surface area contributed by atoms with Crippen molar-refractivity contribution in [3.05, 3.63) is 28.9 Å². The van der Waals surface area contributed by atoms with Gasteiger partial charge in [-0.3, -0.25) is 0 Å². The maximum atomic E-state index is 10.7. The van der Waals surface area contributed by atoms with Crippen LogP contribution in [0.1, 0.15) is 37.0 Å². The minimum atomic E-state index is -0.850. The number of carbonyl (C=O) groups is 1. The SMILES string of the molecule is CC(=CCn1c(C)nc2c1CCCC2)C(=O)O. The van der Waals surface area contributed by atoms with E-state index in [1.807, 2.05) is 6.92 Å². The smallest absolute Gasteiger partial charge is 0.331 e. The van der Waals surface area contributed by atoms with Crippen molar-refractivity contribution in [3.8, 4) is 0 Å². The highest BCUT2D eigenvalue weighted by atomic mass is 16.4. The van der Waals surface area contributed by atoms with Crippen LogP contribution in [0.2, 0.25) is 0 Å². The second-order valence-electron chi connectivity index (χ2n) is 4.56. The van der Waals surface area contributed by atoms with E-state index in [0.717, 1.165) is 18.7 Å². The minimum absolute atomic E-state index is 0.391. The van der Waals surface area contributed by atoms with E-state index < -0.39 is 5.97 Å². The zero-order valence-corrected chi connectivity index (χ0v) is 10.4. The van der Waals surface area contributed by atoms with Crippen molar-refractivity contribution in [1.82, 2.24) is 9.55 Å². The highest BCUT2D eigenvalue weighted by Gasteiger charge is 2.17. The molecule has 0 bridgehead atoms. The molecule has 4 heteroatoms. The third-order valence-corrected chi connectivity index (χ3v) is 3.34. The number of hydrogen-bond acceptors (Lipinski definition) is 2. The number of aryl methyl sites for hydroxylation is 2. The van der Waals surface area contributed by atoms with Gasteiger partial charge in [0.25, 0.3) is 0 Å². The maximum absolute atomic E-state index is 10.7. The second-order valence-corrected chi connectivity index (χ2v) is 4.56. The van der Waals surface area contributed by atoms with E-state index in [4.69, 9.17) is 5.11 Å². The summed E-state index contributed by atoms with van der Waals surface area (Å²) >= 11 is 0. The first-order valence-corrected chi connectivity index (χ1v) is 6.04. The van der Waals surface area contributed by atoms with Gasteiger partial charge < -0.3 is 9.67 Å². The van der Waals surface area contributed by atoms with E-state index in [9.17, 15) is 4.79 Å². The molecule has 0 amide bonds. The molecular formula is C13H18N2O2. The molecule has 0 aromatic carbocycles. The van der Waals surface area contributed by atoms with E-state index in [-0.39, 0.29) is 0 Å². The number of aromatic nitrogens is 2. The fourth-order valence-electron chi connectivity index (χ4n) is 2.29. The van der Waals surface area contributed by atoms with Crippen molar-refractivity contribution in [2.75, 3.05) is 0 Å². The first kappa shape index (κ1) is 11.9. The molecule has 0 unspecified atom stereocenters. The first-order valence-electron chi connectivity index (χ1n) is 6.04. The number of rotatable bonds is 3. The van der Waals surface area contributed by atoms with Crippen LogP contribution < -0.4 is 0 Å². The van der Waals surface area contributed by atoms with Crippen LogP contribution in [-0.2, 0) is 24.2 Å². The van der Waals surface area contributed by atoms with Gasteiger partial charge in [0.05, 0.1) is 5.69 Å². The number of allylic oxidation sites excluding steroid dienone is 1. The Balaban J connectivity index is 2.24. The van der Waals surface area contributed by atoms with Crippen LogP contribution in [0.4, 0.5) is 0 Å². The van der Waals surface area contributed by atoms with Gasteiger partial charge in [-0.15, -0.1) is 0 Å². The average Bonchev–Trinajstić information content (AvgIpc) is 2.61.